The summed E-state index contributed by atoms with van der Waals surface area (Å²) in [6, 6.07) is 12.2. The molecule has 0 aliphatic carbocycles. The van der Waals surface area contributed by atoms with E-state index in [0.717, 1.165) is 28.1 Å². The average molecular weight is 402 g/mol. The number of hydrogen-bond donors (Lipinski definition) is 0. The molecule has 1 aliphatic heterocycles. The zero-order valence-corrected chi connectivity index (χ0v) is 15.9. The van der Waals surface area contributed by atoms with Crippen LogP contribution in [0.2, 0.25) is 5.02 Å². The molecule has 8 heteroatoms. The number of carbonyl (C=O) groups is 1. The fourth-order valence-corrected chi connectivity index (χ4v) is 4.68. The fraction of sp³-hybridized carbons (Fsp3) is 0.263. The molecule has 138 valence electrons. The number of halogens is 1. The Kier molecular flexibility index (Phi) is 4.80. The van der Waals surface area contributed by atoms with E-state index in [0.29, 0.717) is 13.1 Å². The van der Waals surface area contributed by atoms with E-state index in [9.17, 15) is 14.9 Å². The van der Waals surface area contributed by atoms with Crippen molar-refractivity contribution in [2.45, 2.75) is 18.8 Å². The molecule has 1 fully saturated rings. The van der Waals surface area contributed by atoms with Gasteiger partial charge in [0, 0.05) is 30.6 Å². The summed E-state index contributed by atoms with van der Waals surface area (Å²) < 4.78 is 1.14. The molecule has 3 aromatic rings. The van der Waals surface area contributed by atoms with Crippen LogP contribution in [0, 0.1) is 10.1 Å². The van der Waals surface area contributed by atoms with Gasteiger partial charge in [-0.05, 0) is 37.1 Å². The van der Waals surface area contributed by atoms with Crippen LogP contribution in [0.15, 0.2) is 42.5 Å². The van der Waals surface area contributed by atoms with Crippen LogP contribution in [0.5, 0.6) is 0 Å². The molecule has 4 rings (SSSR count). The number of benzene rings is 2. The van der Waals surface area contributed by atoms with Gasteiger partial charge < -0.3 is 4.90 Å². The number of fused-ring (bicyclic) bond motifs is 1. The third kappa shape index (κ3) is 3.52. The number of nitrogens with zero attached hydrogens (tertiary/aromatic N) is 3. The number of likely N-dealkylation sites (tertiary alicyclic amines) is 1. The molecule has 1 atom stereocenters. The Morgan fingerprint density at radius 2 is 2.11 bits per heavy atom. The Morgan fingerprint density at radius 1 is 1.30 bits per heavy atom. The number of rotatable bonds is 3. The third-order valence-electron chi connectivity index (χ3n) is 4.76. The normalized spacial score (nSPS) is 17.2. The molecule has 0 saturated carbocycles. The van der Waals surface area contributed by atoms with Crippen LogP contribution in [0.3, 0.4) is 0 Å². The zero-order valence-electron chi connectivity index (χ0n) is 14.3. The minimum absolute atomic E-state index is 0.0301. The largest absolute Gasteiger partial charge is 0.338 e. The van der Waals surface area contributed by atoms with Gasteiger partial charge in [-0.2, -0.15) is 0 Å². The molecule has 0 radical (unpaired) electrons. The maximum Gasteiger partial charge on any atom is 0.288 e. The maximum atomic E-state index is 12.9. The standard InChI is InChI=1S/C19H16ClN3O3S/c20-14-8-7-12(10-16(14)23(25)26)19(24)22-9-3-4-13(11-22)18-21-15-5-1-2-6-17(15)27-18/h1-2,5-8,10,13H,3-4,9,11H2. The molecule has 1 amide bonds. The Labute approximate surface area is 164 Å². The lowest BCUT2D eigenvalue weighted by Crippen LogP contribution is -2.39. The second-order valence-electron chi connectivity index (χ2n) is 6.53. The zero-order chi connectivity index (χ0) is 19.0. The topological polar surface area (TPSA) is 76.3 Å². The fourth-order valence-electron chi connectivity index (χ4n) is 3.40. The number of amides is 1. The summed E-state index contributed by atoms with van der Waals surface area (Å²) in [5, 5.41) is 12.2. The molecule has 1 aliphatic rings. The number of nitro groups is 1. The minimum Gasteiger partial charge on any atom is -0.338 e. The number of piperidine rings is 1. The number of carbonyl (C=O) groups excluding carboxylic acids is 1. The molecular weight excluding hydrogens is 386 g/mol. The molecule has 1 aromatic heterocycles. The summed E-state index contributed by atoms with van der Waals surface area (Å²) >= 11 is 7.52. The number of para-hydroxylation sites is 1. The summed E-state index contributed by atoms with van der Waals surface area (Å²) in [6.07, 6.45) is 1.85. The van der Waals surface area contributed by atoms with Crippen LogP contribution in [0.25, 0.3) is 10.2 Å². The van der Waals surface area contributed by atoms with Gasteiger partial charge in [0.2, 0.25) is 0 Å². The summed E-state index contributed by atoms with van der Waals surface area (Å²) in [7, 11) is 0. The van der Waals surface area contributed by atoms with Gasteiger partial charge in [0.05, 0.1) is 20.1 Å². The van der Waals surface area contributed by atoms with Gasteiger partial charge >= 0.3 is 0 Å². The first-order valence-corrected chi connectivity index (χ1v) is 9.81. The van der Waals surface area contributed by atoms with Crippen LogP contribution in [-0.4, -0.2) is 33.8 Å². The quantitative estimate of drug-likeness (QED) is 0.463. The average Bonchev–Trinajstić information content (AvgIpc) is 3.12. The van der Waals surface area contributed by atoms with Crippen molar-refractivity contribution in [3.8, 4) is 0 Å². The van der Waals surface area contributed by atoms with Crippen molar-refractivity contribution >= 4 is 44.7 Å². The Balaban J connectivity index is 1.56. The van der Waals surface area contributed by atoms with Crippen molar-refractivity contribution in [2.24, 2.45) is 0 Å². The smallest absolute Gasteiger partial charge is 0.288 e. The van der Waals surface area contributed by atoms with Crippen molar-refractivity contribution < 1.29 is 9.72 Å². The van der Waals surface area contributed by atoms with Crippen LogP contribution in [0.1, 0.15) is 34.1 Å². The van der Waals surface area contributed by atoms with Gasteiger partial charge in [-0.1, -0.05) is 23.7 Å². The summed E-state index contributed by atoms with van der Waals surface area (Å²) in [5.74, 6) is -0.0250. The first-order valence-electron chi connectivity index (χ1n) is 8.61. The second-order valence-corrected chi connectivity index (χ2v) is 8.00. The lowest BCUT2D eigenvalue weighted by molar-refractivity contribution is -0.384. The maximum absolute atomic E-state index is 12.9. The van der Waals surface area contributed by atoms with E-state index in [1.807, 2.05) is 18.2 Å². The summed E-state index contributed by atoms with van der Waals surface area (Å²) in [4.78, 5) is 29.9. The number of thiazole rings is 1. The molecule has 0 bridgehead atoms. The molecule has 1 unspecified atom stereocenters. The minimum atomic E-state index is -0.570. The SMILES string of the molecule is O=C(c1ccc(Cl)c([N+](=O)[O-])c1)N1CCCC(c2nc3ccccc3s2)C1. The molecule has 0 N–H and O–H groups in total. The van der Waals surface area contributed by atoms with Crippen molar-refractivity contribution in [1.82, 2.24) is 9.88 Å². The number of aromatic nitrogens is 1. The second kappa shape index (κ2) is 7.25. The van der Waals surface area contributed by atoms with Crippen molar-refractivity contribution in [2.75, 3.05) is 13.1 Å². The van der Waals surface area contributed by atoms with E-state index in [1.165, 1.54) is 12.1 Å². The van der Waals surface area contributed by atoms with E-state index in [1.54, 1.807) is 22.3 Å². The van der Waals surface area contributed by atoms with Crippen molar-refractivity contribution in [3.05, 3.63) is 68.2 Å². The van der Waals surface area contributed by atoms with Crippen LogP contribution < -0.4 is 0 Å². The van der Waals surface area contributed by atoms with E-state index in [-0.39, 0.29) is 28.1 Å². The van der Waals surface area contributed by atoms with Gasteiger partial charge in [0.1, 0.15) is 5.02 Å². The van der Waals surface area contributed by atoms with Crippen molar-refractivity contribution in [1.29, 1.82) is 0 Å². The number of nitro benzene ring substituents is 1. The van der Waals surface area contributed by atoms with E-state index in [4.69, 9.17) is 16.6 Å². The predicted octanol–water partition coefficient (Wildman–Crippen LogP) is 4.88. The summed E-state index contributed by atoms with van der Waals surface area (Å²) in [6.45, 7) is 1.20. The van der Waals surface area contributed by atoms with Crippen LogP contribution in [-0.2, 0) is 0 Å². The monoisotopic (exact) mass is 401 g/mol. The Bertz CT molecular complexity index is 1000. The van der Waals surface area contributed by atoms with Crippen LogP contribution >= 0.6 is 22.9 Å². The van der Waals surface area contributed by atoms with E-state index < -0.39 is 4.92 Å². The first kappa shape index (κ1) is 17.9. The Hall–Kier alpha value is -2.51. The lowest BCUT2D eigenvalue weighted by Gasteiger charge is -2.31. The highest BCUT2D eigenvalue weighted by Crippen LogP contribution is 2.34. The third-order valence-corrected chi connectivity index (χ3v) is 6.28. The van der Waals surface area contributed by atoms with E-state index in [2.05, 4.69) is 6.07 Å². The first-order chi connectivity index (χ1) is 13.0. The predicted molar refractivity (Wildman–Crippen MR) is 106 cm³/mol. The number of hydrogen-bond acceptors (Lipinski definition) is 5. The highest BCUT2D eigenvalue weighted by Gasteiger charge is 2.28. The van der Waals surface area contributed by atoms with Gasteiger partial charge in [-0.15, -0.1) is 11.3 Å². The molecule has 1 saturated heterocycles. The summed E-state index contributed by atoms with van der Waals surface area (Å²) in [5.41, 5.74) is 1.02. The highest BCUT2D eigenvalue weighted by molar-refractivity contribution is 7.18. The molecule has 6 nitrogen and oxygen atoms in total. The van der Waals surface area contributed by atoms with Crippen molar-refractivity contribution in [3.63, 3.8) is 0 Å². The molecule has 27 heavy (non-hydrogen) atoms. The molecule has 2 heterocycles. The Morgan fingerprint density at radius 3 is 2.89 bits per heavy atom. The molecule has 0 spiro atoms. The van der Waals surface area contributed by atoms with Gasteiger partial charge in [0.25, 0.3) is 11.6 Å². The highest BCUT2D eigenvalue weighted by atomic mass is 35.5. The van der Waals surface area contributed by atoms with Crippen LogP contribution in [0.4, 0.5) is 5.69 Å². The van der Waals surface area contributed by atoms with Gasteiger partial charge in [-0.3, -0.25) is 14.9 Å². The van der Waals surface area contributed by atoms with Gasteiger partial charge in [-0.25, -0.2) is 4.98 Å². The molecule has 2 aromatic carbocycles. The molecular formula is C19H16ClN3O3S. The lowest BCUT2D eigenvalue weighted by atomic mass is 9.98. The van der Waals surface area contributed by atoms with E-state index >= 15 is 0 Å². The van der Waals surface area contributed by atoms with Gasteiger partial charge in [0.15, 0.2) is 0 Å².